The highest BCUT2D eigenvalue weighted by atomic mass is 32.1. The first-order chi connectivity index (χ1) is 17.8. The number of hydrogen-bond acceptors (Lipinski definition) is 7. The highest BCUT2D eigenvalue weighted by Gasteiger charge is 2.28. The number of carbonyl (C=O) groups excluding carboxylic acids is 2. The average molecular weight is 553 g/mol. The first-order valence-electron chi connectivity index (χ1n) is 11.9. The summed E-state index contributed by atoms with van der Waals surface area (Å²) in [5, 5.41) is 16.9. The fourth-order valence-electron chi connectivity index (χ4n) is 3.30. The molecule has 0 aliphatic rings. The van der Waals surface area contributed by atoms with E-state index in [-0.39, 0.29) is 28.2 Å². The van der Waals surface area contributed by atoms with Crippen molar-refractivity contribution in [3.8, 4) is 6.07 Å². The van der Waals surface area contributed by atoms with E-state index in [9.17, 15) is 32.8 Å². The highest BCUT2D eigenvalue weighted by Crippen LogP contribution is 2.15. The van der Waals surface area contributed by atoms with E-state index in [0.717, 1.165) is 28.9 Å². The number of nitriles is 1. The second-order valence-corrected chi connectivity index (χ2v) is 9.97. The predicted octanol–water partition coefficient (Wildman–Crippen LogP) is 2.05. The molecule has 0 saturated heterocycles. The molecule has 0 atom stereocenters. The fourth-order valence-corrected chi connectivity index (χ4v) is 4.38. The van der Waals surface area contributed by atoms with Gasteiger partial charge in [0.15, 0.2) is 5.57 Å². The molecule has 0 saturated carbocycles. The van der Waals surface area contributed by atoms with Crippen molar-refractivity contribution in [3.05, 3.63) is 43.8 Å². The number of amides is 2. The topological polar surface area (TPSA) is 119 Å². The van der Waals surface area contributed by atoms with E-state index in [4.69, 9.17) is 0 Å². The van der Waals surface area contributed by atoms with Crippen LogP contribution in [0.5, 0.6) is 0 Å². The van der Waals surface area contributed by atoms with Crippen LogP contribution in [0.2, 0.25) is 0 Å². The van der Waals surface area contributed by atoms with Crippen LogP contribution < -0.4 is 30.7 Å². The van der Waals surface area contributed by atoms with E-state index in [1.165, 1.54) is 6.20 Å². The molecule has 1 heterocycles. The lowest BCUT2D eigenvalue weighted by Crippen LogP contribution is -2.37. The molecular formula is C25H31F3N6O3S. The summed E-state index contributed by atoms with van der Waals surface area (Å²) in [4.78, 5) is 39.3. The Morgan fingerprint density at radius 1 is 1.26 bits per heavy atom. The molecule has 0 aliphatic carbocycles. The zero-order valence-corrected chi connectivity index (χ0v) is 22.4. The van der Waals surface area contributed by atoms with Gasteiger partial charge in [0, 0.05) is 24.1 Å². The molecule has 3 N–H and O–H groups in total. The Balaban J connectivity index is 2.24. The van der Waals surface area contributed by atoms with Gasteiger partial charge in [0.1, 0.15) is 21.8 Å². The van der Waals surface area contributed by atoms with Gasteiger partial charge in [-0.1, -0.05) is 19.9 Å². The third kappa shape index (κ3) is 9.35. The van der Waals surface area contributed by atoms with Crippen LogP contribution in [-0.4, -0.2) is 54.1 Å². The maximum absolute atomic E-state index is 12.8. The lowest BCUT2D eigenvalue weighted by atomic mass is 10.1. The summed E-state index contributed by atoms with van der Waals surface area (Å²) in [5.74, 6) is -0.850. The van der Waals surface area contributed by atoms with Gasteiger partial charge in [-0.15, -0.1) is 11.3 Å². The van der Waals surface area contributed by atoms with Crippen molar-refractivity contribution < 1.29 is 22.8 Å². The van der Waals surface area contributed by atoms with Crippen LogP contribution in [0.15, 0.2) is 29.1 Å². The van der Waals surface area contributed by atoms with E-state index < -0.39 is 29.8 Å². The Bertz CT molecular complexity index is 1360. The summed E-state index contributed by atoms with van der Waals surface area (Å²) in [6, 6.07) is 8.43. The third-order valence-electron chi connectivity index (χ3n) is 5.24. The van der Waals surface area contributed by atoms with Gasteiger partial charge < -0.3 is 16.0 Å². The molecule has 2 aromatic rings. The van der Waals surface area contributed by atoms with Crippen LogP contribution in [-0.2, 0) is 16.1 Å². The summed E-state index contributed by atoms with van der Waals surface area (Å²) in [7, 11) is 1.88. The van der Waals surface area contributed by atoms with E-state index in [1.807, 2.05) is 11.9 Å². The number of rotatable bonds is 11. The van der Waals surface area contributed by atoms with Gasteiger partial charge in [0.25, 0.3) is 11.5 Å². The molecule has 1 aromatic carbocycles. The maximum atomic E-state index is 12.8. The molecule has 0 fully saturated rings. The van der Waals surface area contributed by atoms with Crippen molar-refractivity contribution >= 4 is 46.3 Å². The van der Waals surface area contributed by atoms with Crippen molar-refractivity contribution in [1.82, 2.24) is 14.8 Å². The smallest absolute Gasteiger partial charge is 0.360 e. The van der Waals surface area contributed by atoms with Gasteiger partial charge in [0.05, 0.1) is 6.54 Å². The number of benzene rings is 1. The molecule has 0 bridgehead atoms. The van der Waals surface area contributed by atoms with E-state index in [0.29, 0.717) is 17.3 Å². The van der Waals surface area contributed by atoms with Gasteiger partial charge >= 0.3 is 6.18 Å². The summed E-state index contributed by atoms with van der Waals surface area (Å²) in [6.07, 6.45) is -2.28. The molecule has 0 radical (unpaired) electrons. The van der Waals surface area contributed by atoms with Crippen LogP contribution in [0.3, 0.4) is 0 Å². The van der Waals surface area contributed by atoms with Gasteiger partial charge in [-0.2, -0.15) is 18.4 Å². The minimum atomic E-state index is -4.64. The van der Waals surface area contributed by atoms with Crippen molar-refractivity contribution in [2.75, 3.05) is 37.3 Å². The van der Waals surface area contributed by atoms with E-state index in [2.05, 4.69) is 24.5 Å². The Kier molecular flexibility index (Phi) is 11.1. The summed E-state index contributed by atoms with van der Waals surface area (Å²) < 4.78 is 38.7. The molecular weight excluding hydrogens is 521 g/mol. The molecule has 9 nitrogen and oxygen atoms in total. The van der Waals surface area contributed by atoms with Gasteiger partial charge in [-0.25, -0.2) is 0 Å². The zero-order valence-electron chi connectivity index (χ0n) is 21.6. The number of aromatic nitrogens is 1. The molecule has 206 valence electrons. The van der Waals surface area contributed by atoms with Crippen LogP contribution in [0.4, 0.5) is 24.5 Å². The first-order valence-corrected chi connectivity index (χ1v) is 12.7. The van der Waals surface area contributed by atoms with Crippen molar-refractivity contribution in [2.45, 2.75) is 39.9 Å². The highest BCUT2D eigenvalue weighted by molar-refractivity contribution is 7.07. The number of carbonyl (C=O) groups is 2. The number of nitrogens with one attached hydrogen (secondary N) is 3. The molecule has 0 aliphatic heterocycles. The normalized spacial score (nSPS) is 12.9. The number of alkyl halides is 3. The standard InChI is InChI=1S/C25H31F3N6O3S/c1-5-34-23(37)20(38-24(34)19(12-29)22(36)31-15-25(26,27)28)13-30-17-7-6-8-18(11-17)32-21(35)14-33(4)10-9-16(2)3/h6-8,11,13,16,30H,5,9-10,14-15H2,1-4H3,(H,31,36)(H,32,35). The monoisotopic (exact) mass is 552 g/mol. The van der Waals surface area contributed by atoms with Crippen molar-refractivity contribution in [1.29, 1.82) is 5.26 Å². The summed E-state index contributed by atoms with van der Waals surface area (Å²) in [5.41, 5.74) is 0.0110. The van der Waals surface area contributed by atoms with Crippen LogP contribution in [0, 0.1) is 17.2 Å². The van der Waals surface area contributed by atoms with Crippen LogP contribution >= 0.6 is 11.3 Å². The van der Waals surface area contributed by atoms with E-state index in [1.54, 1.807) is 42.6 Å². The number of nitrogens with zero attached hydrogens (tertiary/aromatic N) is 3. The first kappa shape index (κ1) is 30.6. The van der Waals surface area contributed by atoms with Crippen molar-refractivity contribution in [2.24, 2.45) is 5.92 Å². The Morgan fingerprint density at radius 2 is 1.95 bits per heavy atom. The minimum Gasteiger partial charge on any atom is -0.360 e. The second kappa shape index (κ2) is 13.8. The minimum absolute atomic E-state index is 0.0460. The van der Waals surface area contributed by atoms with Gasteiger partial charge in [0.2, 0.25) is 5.91 Å². The Morgan fingerprint density at radius 3 is 2.55 bits per heavy atom. The third-order valence-corrected chi connectivity index (χ3v) is 6.37. The molecule has 0 unspecified atom stereocenters. The van der Waals surface area contributed by atoms with Gasteiger partial charge in [-0.3, -0.25) is 23.9 Å². The SMILES string of the molecule is CCn1c(=C(C#N)C(=O)NCC(F)(F)F)sc(=CNc2cccc(NC(=O)CN(C)CCC(C)C)c2)c1=O. The van der Waals surface area contributed by atoms with Crippen LogP contribution in [0.25, 0.3) is 11.8 Å². The second-order valence-electron chi connectivity index (χ2n) is 8.94. The largest absolute Gasteiger partial charge is 0.405 e. The van der Waals surface area contributed by atoms with Crippen LogP contribution in [0.1, 0.15) is 27.2 Å². The predicted molar refractivity (Wildman–Crippen MR) is 142 cm³/mol. The zero-order chi connectivity index (χ0) is 28.5. The number of hydrogen-bond donors (Lipinski definition) is 3. The molecule has 0 spiro atoms. The lowest BCUT2D eigenvalue weighted by molar-refractivity contribution is -0.135. The van der Waals surface area contributed by atoms with Gasteiger partial charge in [-0.05, 0) is 51.1 Å². The quantitative estimate of drug-likeness (QED) is 0.393. The number of thiazole rings is 1. The molecule has 2 amide bonds. The summed E-state index contributed by atoms with van der Waals surface area (Å²) in [6.45, 7) is 5.39. The fraction of sp³-hybridized carbons (Fsp3) is 0.440. The molecule has 1 aromatic heterocycles. The lowest BCUT2D eigenvalue weighted by Gasteiger charge is -2.17. The molecule has 13 heteroatoms. The Labute approximate surface area is 222 Å². The molecule has 38 heavy (non-hydrogen) atoms. The molecule has 2 rings (SSSR count). The average Bonchev–Trinajstić information content (AvgIpc) is 3.15. The number of likely N-dealkylation sites (N-methyl/N-ethyl adjacent to an activating group) is 1. The number of anilines is 2. The van der Waals surface area contributed by atoms with E-state index >= 15 is 0 Å². The summed E-state index contributed by atoms with van der Waals surface area (Å²) >= 11 is 0.808. The Hall–Kier alpha value is -3.63. The number of halogens is 3. The van der Waals surface area contributed by atoms with Crippen molar-refractivity contribution in [3.63, 3.8) is 0 Å². The maximum Gasteiger partial charge on any atom is 0.405 e.